The second-order valence-electron chi connectivity index (χ2n) is 4.18. The molecule has 0 radical (unpaired) electrons. The van der Waals surface area contributed by atoms with Crippen LogP contribution in [0.2, 0.25) is 0 Å². The summed E-state index contributed by atoms with van der Waals surface area (Å²) in [6, 6.07) is 1.70. The molecule has 0 fully saturated rings. The van der Waals surface area contributed by atoms with E-state index in [1.165, 1.54) is 9.13 Å². The third kappa shape index (κ3) is 2.12. The Morgan fingerprint density at radius 3 is 2.78 bits per heavy atom. The van der Waals surface area contributed by atoms with E-state index in [0.717, 1.165) is 17.3 Å². The first-order valence-electron chi connectivity index (χ1n) is 5.81. The van der Waals surface area contributed by atoms with Gasteiger partial charge in [0, 0.05) is 24.3 Å². The molecule has 0 saturated carbocycles. The summed E-state index contributed by atoms with van der Waals surface area (Å²) in [4.78, 5) is 28.4. The molecule has 0 N–H and O–H groups in total. The highest BCUT2D eigenvalue weighted by Crippen LogP contribution is 2.12. The van der Waals surface area contributed by atoms with Crippen LogP contribution in [0.4, 0.5) is 0 Å². The van der Waals surface area contributed by atoms with E-state index >= 15 is 0 Å². The summed E-state index contributed by atoms with van der Waals surface area (Å²) in [5.41, 5.74) is -0.160. The highest BCUT2D eigenvalue weighted by molar-refractivity contribution is 9.10. The van der Waals surface area contributed by atoms with Crippen molar-refractivity contribution in [1.82, 2.24) is 14.1 Å². The van der Waals surface area contributed by atoms with Crippen molar-refractivity contribution < 1.29 is 0 Å². The molecule has 0 atom stereocenters. The van der Waals surface area contributed by atoms with Crippen LogP contribution in [-0.2, 0) is 13.6 Å². The van der Waals surface area contributed by atoms with E-state index in [4.69, 9.17) is 0 Å². The number of aromatic nitrogens is 3. The van der Waals surface area contributed by atoms with Crippen LogP contribution in [0.25, 0.3) is 11.0 Å². The molecule has 0 aliphatic carbocycles. The van der Waals surface area contributed by atoms with Crippen molar-refractivity contribution in [2.45, 2.75) is 26.3 Å². The fourth-order valence-corrected chi connectivity index (χ4v) is 2.21. The lowest BCUT2D eigenvalue weighted by atomic mass is 10.3. The number of halogens is 1. The zero-order chi connectivity index (χ0) is 13.3. The van der Waals surface area contributed by atoms with Crippen LogP contribution >= 0.6 is 15.9 Å². The van der Waals surface area contributed by atoms with E-state index in [1.54, 1.807) is 19.3 Å². The van der Waals surface area contributed by atoms with Gasteiger partial charge in [-0.3, -0.25) is 13.9 Å². The predicted molar refractivity (Wildman–Crippen MR) is 73.9 cm³/mol. The van der Waals surface area contributed by atoms with Gasteiger partial charge in [-0.1, -0.05) is 13.3 Å². The van der Waals surface area contributed by atoms with Gasteiger partial charge in [0.1, 0.15) is 5.65 Å². The van der Waals surface area contributed by atoms with Crippen LogP contribution in [0, 0.1) is 0 Å². The Kier molecular flexibility index (Phi) is 3.65. The van der Waals surface area contributed by atoms with Crippen molar-refractivity contribution in [2.24, 2.45) is 7.05 Å². The van der Waals surface area contributed by atoms with Gasteiger partial charge in [0.15, 0.2) is 0 Å². The van der Waals surface area contributed by atoms with Crippen molar-refractivity contribution in [2.75, 3.05) is 0 Å². The Hall–Kier alpha value is -1.43. The average Bonchev–Trinajstić information content (AvgIpc) is 2.36. The van der Waals surface area contributed by atoms with Crippen molar-refractivity contribution >= 4 is 27.0 Å². The minimum Gasteiger partial charge on any atom is -0.280 e. The third-order valence-electron chi connectivity index (χ3n) is 2.88. The Morgan fingerprint density at radius 2 is 2.11 bits per heavy atom. The molecule has 0 aliphatic rings. The summed E-state index contributed by atoms with van der Waals surface area (Å²) in [5, 5.41) is 0.461. The van der Waals surface area contributed by atoms with Crippen molar-refractivity contribution in [3.05, 3.63) is 37.6 Å². The SMILES string of the molecule is CCCCn1c(=O)c2cc(Br)cnc2n(C)c1=O. The number of rotatable bonds is 3. The monoisotopic (exact) mass is 311 g/mol. The van der Waals surface area contributed by atoms with Gasteiger partial charge in [-0.2, -0.15) is 0 Å². The zero-order valence-corrected chi connectivity index (χ0v) is 11.9. The zero-order valence-electron chi connectivity index (χ0n) is 10.3. The van der Waals surface area contributed by atoms with Crippen LogP contribution < -0.4 is 11.2 Å². The fourth-order valence-electron chi connectivity index (χ4n) is 1.87. The lowest BCUT2D eigenvalue weighted by molar-refractivity contribution is 0.566. The molecule has 2 aromatic rings. The van der Waals surface area contributed by atoms with Gasteiger partial charge in [-0.15, -0.1) is 0 Å². The van der Waals surface area contributed by atoms with E-state index < -0.39 is 0 Å². The Bertz CT molecular complexity index is 703. The van der Waals surface area contributed by atoms with E-state index in [1.807, 2.05) is 6.92 Å². The summed E-state index contributed by atoms with van der Waals surface area (Å²) < 4.78 is 3.42. The average molecular weight is 312 g/mol. The molecule has 0 saturated heterocycles. The molecule has 0 unspecified atom stereocenters. The second kappa shape index (κ2) is 5.06. The molecule has 96 valence electrons. The molecule has 2 heterocycles. The summed E-state index contributed by atoms with van der Waals surface area (Å²) in [7, 11) is 1.63. The van der Waals surface area contributed by atoms with Crippen LogP contribution in [0.3, 0.4) is 0 Å². The highest BCUT2D eigenvalue weighted by Gasteiger charge is 2.11. The number of fused-ring (bicyclic) bond motifs is 1. The summed E-state index contributed by atoms with van der Waals surface area (Å²) >= 11 is 3.29. The van der Waals surface area contributed by atoms with Crippen LogP contribution in [0.15, 0.2) is 26.3 Å². The van der Waals surface area contributed by atoms with Gasteiger partial charge in [0.2, 0.25) is 0 Å². The first-order valence-corrected chi connectivity index (χ1v) is 6.60. The van der Waals surface area contributed by atoms with Crippen molar-refractivity contribution in [3.8, 4) is 0 Å². The topological polar surface area (TPSA) is 56.9 Å². The molecule has 0 aliphatic heterocycles. The Balaban J connectivity index is 2.80. The van der Waals surface area contributed by atoms with Crippen molar-refractivity contribution in [3.63, 3.8) is 0 Å². The number of pyridine rings is 1. The number of hydrogen-bond acceptors (Lipinski definition) is 3. The van der Waals surface area contributed by atoms with Crippen LogP contribution in [-0.4, -0.2) is 14.1 Å². The molecular formula is C12H14BrN3O2. The number of nitrogens with zero attached hydrogens (tertiary/aromatic N) is 3. The lowest BCUT2D eigenvalue weighted by Crippen LogP contribution is -2.39. The van der Waals surface area contributed by atoms with Gasteiger partial charge >= 0.3 is 5.69 Å². The fraction of sp³-hybridized carbons (Fsp3) is 0.417. The molecule has 0 aromatic carbocycles. The second-order valence-corrected chi connectivity index (χ2v) is 5.09. The maximum absolute atomic E-state index is 12.2. The molecule has 0 spiro atoms. The molecule has 2 rings (SSSR count). The maximum atomic E-state index is 12.2. The largest absolute Gasteiger partial charge is 0.332 e. The molecule has 0 amide bonds. The number of aryl methyl sites for hydroxylation is 1. The van der Waals surface area contributed by atoms with E-state index in [0.29, 0.717) is 17.6 Å². The molecule has 5 nitrogen and oxygen atoms in total. The predicted octanol–water partition coefficient (Wildman–Crippen LogP) is 1.66. The van der Waals surface area contributed by atoms with Gasteiger partial charge in [-0.05, 0) is 28.4 Å². The normalized spacial score (nSPS) is 11.1. The van der Waals surface area contributed by atoms with Crippen molar-refractivity contribution in [1.29, 1.82) is 0 Å². The van der Waals surface area contributed by atoms with Crippen LogP contribution in [0.1, 0.15) is 19.8 Å². The maximum Gasteiger partial charge on any atom is 0.332 e. The molecule has 2 aromatic heterocycles. The van der Waals surface area contributed by atoms with E-state index in [2.05, 4.69) is 20.9 Å². The smallest absolute Gasteiger partial charge is 0.280 e. The molecule has 18 heavy (non-hydrogen) atoms. The van der Waals surface area contributed by atoms with Crippen LogP contribution in [0.5, 0.6) is 0 Å². The van der Waals surface area contributed by atoms with Gasteiger partial charge in [0.25, 0.3) is 5.56 Å². The van der Waals surface area contributed by atoms with E-state index in [-0.39, 0.29) is 11.2 Å². The minimum atomic E-state index is -0.309. The Labute approximate surface area is 112 Å². The third-order valence-corrected chi connectivity index (χ3v) is 3.31. The minimum absolute atomic E-state index is 0.268. The van der Waals surface area contributed by atoms with Gasteiger partial charge in [0.05, 0.1) is 5.39 Å². The quantitative estimate of drug-likeness (QED) is 0.866. The molecule has 6 heteroatoms. The number of unbranched alkanes of at least 4 members (excludes halogenated alkanes) is 1. The lowest BCUT2D eigenvalue weighted by Gasteiger charge is -2.09. The number of hydrogen-bond donors (Lipinski definition) is 0. The molecule has 0 bridgehead atoms. The summed E-state index contributed by atoms with van der Waals surface area (Å²) in [6.07, 6.45) is 3.32. The van der Waals surface area contributed by atoms with Gasteiger partial charge in [-0.25, -0.2) is 9.78 Å². The first-order chi connectivity index (χ1) is 8.56. The molecular weight excluding hydrogens is 298 g/mol. The summed E-state index contributed by atoms with van der Waals surface area (Å²) in [6.45, 7) is 2.47. The standard InChI is InChI=1S/C12H14BrN3O2/c1-3-4-5-16-11(17)9-6-8(13)7-14-10(9)15(2)12(16)18/h6-7H,3-5H2,1-2H3. The summed E-state index contributed by atoms with van der Waals surface area (Å²) in [5.74, 6) is 0. The van der Waals surface area contributed by atoms with E-state index in [9.17, 15) is 9.59 Å². The Morgan fingerprint density at radius 1 is 1.39 bits per heavy atom. The van der Waals surface area contributed by atoms with Gasteiger partial charge < -0.3 is 0 Å². The first kappa shape index (κ1) is 13.0. The highest BCUT2D eigenvalue weighted by atomic mass is 79.9.